The third-order valence-corrected chi connectivity index (χ3v) is 5.01. The van der Waals surface area contributed by atoms with Gasteiger partial charge in [-0.25, -0.2) is 0 Å². The largest absolute Gasteiger partial charge is 0.462 e. The van der Waals surface area contributed by atoms with Gasteiger partial charge in [0.05, 0.1) is 0 Å². The van der Waals surface area contributed by atoms with Crippen LogP contribution in [0.15, 0.2) is 11.1 Å². The van der Waals surface area contributed by atoms with Gasteiger partial charge in [0.25, 0.3) is 0 Å². The fraction of sp³-hybridized carbons (Fsp3) is 0.800. The third kappa shape index (κ3) is 1.73. The zero-order chi connectivity index (χ0) is 12.2. The molecule has 0 amide bonds. The zero-order valence-corrected chi connectivity index (χ0v) is 11.0. The summed E-state index contributed by atoms with van der Waals surface area (Å²) in [6.07, 6.45) is 5.38. The molecule has 0 heterocycles. The Balaban J connectivity index is 1.93. The van der Waals surface area contributed by atoms with Gasteiger partial charge in [0, 0.05) is 12.8 Å². The van der Waals surface area contributed by atoms with Gasteiger partial charge in [-0.05, 0) is 57.3 Å². The topological polar surface area (TPSA) is 26.3 Å². The van der Waals surface area contributed by atoms with Crippen molar-refractivity contribution in [2.45, 2.75) is 52.6 Å². The van der Waals surface area contributed by atoms with E-state index < -0.39 is 0 Å². The molecule has 2 nitrogen and oxygen atoms in total. The minimum absolute atomic E-state index is 0.101. The van der Waals surface area contributed by atoms with E-state index in [2.05, 4.69) is 13.8 Å². The van der Waals surface area contributed by atoms with Crippen molar-refractivity contribution >= 4 is 5.97 Å². The maximum absolute atomic E-state index is 11.3. The summed E-state index contributed by atoms with van der Waals surface area (Å²) in [6, 6.07) is 0. The normalized spacial score (nSPS) is 42.8. The molecule has 4 rings (SSSR count). The van der Waals surface area contributed by atoms with Crippen molar-refractivity contribution in [2.24, 2.45) is 23.7 Å². The second-order valence-corrected chi connectivity index (χ2v) is 6.40. The number of ether oxygens (including phenoxy) is 1. The number of rotatable bonds is 1. The second kappa shape index (κ2) is 3.86. The Morgan fingerprint density at radius 3 is 2.53 bits per heavy atom. The summed E-state index contributed by atoms with van der Waals surface area (Å²) in [6.45, 7) is 6.00. The van der Waals surface area contributed by atoms with E-state index in [1.807, 2.05) is 0 Å². The van der Waals surface area contributed by atoms with Crippen molar-refractivity contribution in [1.29, 1.82) is 0 Å². The maximum Gasteiger partial charge on any atom is 0.302 e. The molecule has 5 atom stereocenters. The first-order valence-corrected chi connectivity index (χ1v) is 6.90. The van der Waals surface area contributed by atoms with Gasteiger partial charge in [-0.1, -0.05) is 11.1 Å². The molecule has 0 aliphatic heterocycles. The van der Waals surface area contributed by atoms with Gasteiger partial charge in [-0.3, -0.25) is 4.79 Å². The van der Waals surface area contributed by atoms with E-state index in [0.29, 0.717) is 11.8 Å². The molecule has 0 aromatic rings. The molecule has 4 saturated carbocycles. The summed E-state index contributed by atoms with van der Waals surface area (Å²) in [5.74, 6) is 2.79. The van der Waals surface area contributed by atoms with E-state index >= 15 is 0 Å². The zero-order valence-electron chi connectivity index (χ0n) is 11.0. The summed E-state index contributed by atoms with van der Waals surface area (Å²) in [5.41, 5.74) is 3.10. The predicted molar refractivity (Wildman–Crippen MR) is 66.4 cm³/mol. The molecule has 0 spiro atoms. The number of allylic oxidation sites excluding steroid dienone is 1. The molecule has 0 saturated heterocycles. The number of carbonyl (C=O) groups is 1. The molecule has 0 aromatic carbocycles. The Labute approximate surface area is 103 Å². The minimum Gasteiger partial charge on any atom is -0.462 e. The van der Waals surface area contributed by atoms with Gasteiger partial charge >= 0.3 is 5.97 Å². The molecule has 94 valence electrons. The lowest BCUT2D eigenvalue weighted by atomic mass is 9.52. The average Bonchev–Trinajstić information content (AvgIpc) is 2.21. The Hall–Kier alpha value is -0.790. The molecular formula is C15H22O2. The van der Waals surface area contributed by atoms with Crippen LogP contribution in [0.3, 0.4) is 0 Å². The van der Waals surface area contributed by atoms with Crippen LogP contribution in [-0.2, 0) is 9.53 Å². The van der Waals surface area contributed by atoms with E-state index in [1.54, 1.807) is 12.5 Å². The molecule has 0 radical (unpaired) electrons. The monoisotopic (exact) mass is 234 g/mol. The van der Waals surface area contributed by atoms with Gasteiger partial charge in [-0.2, -0.15) is 0 Å². The van der Waals surface area contributed by atoms with Crippen LogP contribution in [-0.4, -0.2) is 12.1 Å². The lowest BCUT2D eigenvalue weighted by molar-refractivity contribution is -0.161. The first kappa shape index (κ1) is 11.3. The standard InChI is InChI=1S/C15H22O2/c1-8(2)14-11-4-10-5-12(7-11)15(13(14)6-10)17-9(3)16/h10-13,15H,4-7H2,1-3H3/t10-,11+,12-,13+,15?/m0/s1. The van der Waals surface area contributed by atoms with Crippen molar-refractivity contribution in [3.8, 4) is 0 Å². The first-order valence-electron chi connectivity index (χ1n) is 6.90. The van der Waals surface area contributed by atoms with Gasteiger partial charge in [-0.15, -0.1) is 0 Å². The lowest BCUT2D eigenvalue weighted by Gasteiger charge is -2.55. The smallest absolute Gasteiger partial charge is 0.302 e. The molecule has 4 aliphatic carbocycles. The Bertz CT molecular complexity index is 378. The average molecular weight is 234 g/mol. The van der Waals surface area contributed by atoms with Crippen molar-refractivity contribution in [2.75, 3.05) is 0 Å². The summed E-state index contributed by atoms with van der Waals surface area (Å²) in [4.78, 5) is 11.3. The summed E-state index contributed by atoms with van der Waals surface area (Å²) in [5, 5.41) is 0. The fourth-order valence-corrected chi connectivity index (χ4v) is 4.78. The van der Waals surface area contributed by atoms with Crippen LogP contribution in [0.4, 0.5) is 0 Å². The Morgan fingerprint density at radius 1 is 1.12 bits per heavy atom. The highest BCUT2D eigenvalue weighted by molar-refractivity contribution is 5.66. The second-order valence-electron chi connectivity index (χ2n) is 6.40. The van der Waals surface area contributed by atoms with Crippen LogP contribution in [0.5, 0.6) is 0 Å². The van der Waals surface area contributed by atoms with Gasteiger partial charge in [0.1, 0.15) is 6.10 Å². The minimum atomic E-state index is -0.101. The molecule has 4 fully saturated rings. The predicted octanol–water partition coefficient (Wildman–Crippen LogP) is 3.32. The van der Waals surface area contributed by atoms with Crippen molar-refractivity contribution in [1.82, 2.24) is 0 Å². The van der Waals surface area contributed by atoms with Crippen molar-refractivity contribution in [3.63, 3.8) is 0 Å². The molecular weight excluding hydrogens is 212 g/mol. The van der Waals surface area contributed by atoms with E-state index in [0.717, 1.165) is 11.8 Å². The highest BCUT2D eigenvalue weighted by Gasteiger charge is 2.52. The highest BCUT2D eigenvalue weighted by atomic mass is 16.5. The molecule has 17 heavy (non-hydrogen) atoms. The molecule has 1 unspecified atom stereocenters. The van der Waals surface area contributed by atoms with Crippen molar-refractivity contribution in [3.05, 3.63) is 11.1 Å². The third-order valence-electron chi connectivity index (χ3n) is 5.01. The van der Waals surface area contributed by atoms with E-state index in [-0.39, 0.29) is 12.1 Å². The molecule has 0 N–H and O–H groups in total. The highest BCUT2D eigenvalue weighted by Crippen LogP contribution is 2.57. The summed E-state index contributed by atoms with van der Waals surface area (Å²) >= 11 is 0. The maximum atomic E-state index is 11.3. The van der Waals surface area contributed by atoms with E-state index in [4.69, 9.17) is 4.74 Å². The number of esters is 1. The fourth-order valence-electron chi connectivity index (χ4n) is 4.78. The van der Waals surface area contributed by atoms with Gasteiger partial charge in [0.2, 0.25) is 0 Å². The van der Waals surface area contributed by atoms with E-state index in [1.165, 1.54) is 31.3 Å². The van der Waals surface area contributed by atoms with E-state index in [9.17, 15) is 4.79 Å². The van der Waals surface area contributed by atoms with Crippen LogP contribution in [0, 0.1) is 23.7 Å². The number of hydrogen-bond donors (Lipinski definition) is 0. The Kier molecular flexibility index (Phi) is 2.57. The van der Waals surface area contributed by atoms with Crippen LogP contribution in [0.25, 0.3) is 0 Å². The van der Waals surface area contributed by atoms with Crippen molar-refractivity contribution < 1.29 is 9.53 Å². The SMILES string of the molecule is CC(=O)OC1[C@H]2C[C@@H]3C[C@H](C2)C(=C(C)C)[C@H]1C3. The van der Waals surface area contributed by atoms with Crippen LogP contribution in [0.1, 0.15) is 46.5 Å². The van der Waals surface area contributed by atoms with Crippen LogP contribution in [0.2, 0.25) is 0 Å². The molecule has 4 bridgehead atoms. The quantitative estimate of drug-likeness (QED) is 0.514. The molecule has 0 aromatic heterocycles. The Morgan fingerprint density at radius 2 is 1.88 bits per heavy atom. The lowest BCUT2D eigenvalue weighted by Crippen LogP contribution is -2.51. The van der Waals surface area contributed by atoms with Gasteiger partial charge < -0.3 is 4.74 Å². The molecule has 2 heteroatoms. The van der Waals surface area contributed by atoms with Gasteiger partial charge in [0.15, 0.2) is 0 Å². The van der Waals surface area contributed by atoms with Crippen LogP contribution < -0.4 is 0 Å². The number of carbonyl (C=O) groups excluding carboxylic acids is 1. The van der Waals surface area contributed by atoms with Crippen LogP contribution >= 0.6 is 0 Å². The number of hydrogen-bond acceptors (Lipinski definition) is 2. The first-order chi connectivity index (χ1) is 8.06. The molecule has 4 aliphatic rings. The summed E-state index contributed by atoms with van der Waals surface area (Å²) < 4.78 is 5.63. The summed E-state index contributed by atoms with van der Waals surface area (Å²) in [7, 11) is 0.